The lowest BCUT2D eigenvalue weighted by atomic mass is 9.99. The van der Waals surface area contributed by atoms with Crippen molar-refractivity contribution in [3.8, 4) is 5.75 Å². The van der Waals surface area contributed by atoms with E-state index in [1.165, 1.54) is 13.0 Å². The zero-order chi connectivity index (χ0) is 21.3. The molecule has 2 aliphatic rings. The summed E-state index contributed by atoms with van der Waals surface area (Å²) in [7, 11) is 0. The summed E-state index contributed by atoms with van der Waals surface area (Å²) in [6.45, 7) is -0.0608. The lowest BCUT2D eigenvalue weighted by molar-refractivity contribution is -0.289. The second-order valence-corrected chi connectivity index (χ2v) is 7.03. The first-order valence-corrected chi connectivity index (χ1v) is 8.88. The van der Waals surface area contributed by atoms with E-state index in [0.717, 1.165) is 6.07 Å². The van der Waals surface area contributed by atoms with Gasteiger partial charge in [0.25, 0.3) is 0 Å². The predicted octanol–water partition coefficient (Wildman–Crippen LogP) is -3.41. The van der Waals surface area contributed by atoms with Crippen molar-refractivity contribution in [3.63, 3.8) is 0 Å². The van der Waals surface area contributed by atoms with E-state index in [0.29, 0.717) is 0 Å². The molecule has 0 amide bonds. The van der Waals surface area contributed by atoms with E-state index >= 15 is 0 Å². The Bertz CT molecular complexity index is 752. The van der Waals surface area contributed by atoms with E-state index in [1.54, 1.807) is 0 Å². The van der Waals surface area contributed by atoms with Crippen LogP contribution < -0.4 is 10.4 Å². The summed E-state index contributed by atoms with van der Waals surface area (Å²) in [5, 5.41) is 59.5. The molecule has 8 atom stereocenters. The van der Waals surface area contributed by atoms with E-state index in [9.17, 15) is 30.3 Å². The molecule has 0 aliphatic carbocycles. The molecule has 0 spiro atoms. The van der Waals surface area contributed by atoms with E-state index in [1.807, 2.05) is 0 Å². The lowest BCUT2D eigenvalue weighted by Crippen LogP contribution is -2.60. The Hall–Kier alpha value is -1.61. The van der Waals surface area contributed by atoms with Gasteiger partial charge in [-0.25, -0.2) is 4.79 Å². The Morgan fingerprint density at radius 2 is 1.86 bits per heavy atom. The van der Waals surface area contributed by atoms with Gasteiger partial charge in [0.2, 0.25) is 6.29 Å². The van der Waals surface area contributed by atoms with Crippen LogP contribution in [0.5, 0.6) is 5.75 Å². The minimum atomic E-state index is -1.88. The smallest absolute Gasteiger partial charge is 0.336 e. The number of ether oxygens (including phenoxy) is 4. The largest absolute Gasteiger partial charge is 0.458 e. The number of aliphatic hydroxyl groups is 6. The molecule has 29 heavy (non-hydrogen) atoms. The second kappa shape index (κ2) is 8.63. The Labute approximate surface area is 164 Å². The van der Waals surface area contributed by atoms with E-state index in [4.69, 9.17) is 28.5 Å². The lowest BCUT2D eigenvalue weighted by Gasteiger charge is -2.40. The molecule has 12 heteroatoms. The van der Waals surface area contributed by atoms with Crippen LogP contribution in [0.25, 0.3) is 0 Å². The molecule has 0 unspecified atom stereocenters. The maximum absolute atomic E-state index is 11.2. The molecule has 3 heterocycles. The number of hydrogen-bond acceptors (Lipinski definition) is 12. The third-order valence-corrected chi connectivity index (χ3v) is 4.89. The molecule has 0 aromatic carbocycles. The Kier molecular flexibility index (Phi) is 6.57. The second-order valence-electron chi connectivity index (χ2n) is 7.03. The molecule has 12 nitrogen and oxygen atoms in total. The standard InChI is InChI=1S/C17H24O12/c1-7-8(2-3-10(19)27-7)28-15-13(22)12(21)11(20)9(29-15)4-25-16-14(23)17(24,5-18)6-26-16/h2-3,9,11-16,18,20-24H,4-6H2,1H3/t9-,11-,12+,13-,14+,15-,16+,17-/m1/s1. The van der Waals surface area contributed by atoms with Gasteiger partial charge in [-0.1, -0.05) is 0 Å². The third kappa shape index (κ3) is 4.45. The van der Waals surface area contributed by atoms with Crippen molar-refractivity contribution in [1.29, 1.82) is 0 Å². The highest BCUT2D eigenvalue weighted by atomic mass is 16.7. The van der Waals surface area contributed by atoms with Gasteiger partial charge in [0.15, 0.2) is 12.0 Å². The highest BCUT2D eigenvalue weighted by Gasteiger charge is 2.50. The molecule has 0 saturated carbocycles. The van der Waals surface area contributed by atoms with Crippen LogP contribution in [0.1, 0.15) is 5.76 Å². The van der Waals surface area contributed by atoms with E-state index in [2.05, 4.69) is 0 Å². The van der Waals surface area contributed by atoms with Gasteiger partial charge < -0.3 is 54.0 Å². The molecular weight excluding hydrogens is 396 g/mol. The molecule has 2 aliphatic heterocycles. The first-order valence-electron chi connectivity index (χ1n) is 8.88. The Balaban J connectivity index is 1.65. The highest BCUT2D eigenvalue weighted by Crippen LogP contribution is 2.28. The Morgan fingerprint density at radius 3 is 2.48 bits per heavy atom. The summed E-state index contributed by atoms with van der Waals surface area (Å²) in [5.74, 6) is 0.201. The molecule has 0 bridgehead atoms. The number of aliphatic hydroxyl groups excluding tert-OH is 5. The number of aryl methyl sites for hydroxylation is 1. The molecule has 3 rings (SSSR count). The van der Waals surface area contributed by atoms with Crippen LogP contribution in [0.3, 0.4) is 0 Å². The van der Waals surface area contributed by atoms with Crippen molar-refractivity contribution in [3.05, 3.63) is 28.3 Å². The average Bonchev–Trinajstić information content (AvgIpc) is 2.98. The maximum atomic E-state index is 11.2. The van der Waals surface area contributed by atoms with Crippen LogP contribution in [0, 0.1) is 6.92 Å². The number of rotatable bonds is 6. The summed E-state index contributed by atoms with van der Waals surface area (Å²) in [6.07, 6.45) is -10.3. The Morgan fingerprint density at radius 1 is 1.14 bits per heavy atom. The van der Waals surface area contributed by atoms with Crippen molar-refractivity contribution in [2.45, 2.75) is 55.6 Å². The summed E-state index contributed by atoms with van der Waals surface area (Å²) in [5.41, 5.74) is -2.48. The van der Waals surface area contributed by atoms with E-state index < -0.39 is 67.5 Å². The zero-order valence-corrected chi connectivity index (χ0v) is 15.5. The fourth-order valence-corrected chi connectivity index (χ4v) is 3.02. The zero-order valence-electron chi connectivity index (χ0n) is 15.5. The van der Waals surface area contributed by atoms with Crippen LogP contribution in [0.2, 0.25) is 0 Å². The van der Waals surface area contributed by atoms with E-state index in [-0.39, 0.29) is 18.1 Å². The quantitative estimate of drug-likeness (QED) is 0.268. The highest BCUT2D eigenvalue weighted by molar-refractivity contribution is 5.23. The van der Waals surface area contributed by atoms with Gasteiger partial charge >= 0.3 is 5.63 Å². The first-order chi connectivity index (χ1) is 13.7. The van der Waals surface area contributed by atoms with Crippen molar-refractivity contribution in [2.75, 3.05) is 19.8 Å². The molecule has 1 aromatic rings. The average molecular weight is 420 g/mol. The third-order valence-electron chi connectivity index (χ3n) is 4.89. The van der Waals surface area contributed by atoms with Crippen LogP contribution in [0.4, 0.5) is 0 Å². The van der Waals surface area contributed by atoms with Crippen molar-refractivity contribution >= 4 is 0 Å². The predicted molar refractivity (Wildman–Crippen MR) is 90.8 cm³/mol. The summed E-state index contributed by atoms with van der Waals surface area (Å²) in [4.78, 5) is 11.2. The van der Waals surface area contributed by atoms with Crippen molar-refractivity contribution < 1.29 is 54.0 Å². The SMILES string of the molecule is Cc1oc(=O)ccc1O[C@@H]1O[C@H](CO[C@H]2OC[C@](O)(CO)[C@H]2O)[C@@H](O)[C@H](O)[C@H]1O. The minimum absolute atomic E-state index is 0.0828. The van der Waals surface area contributed by atoms with Crippen molar-refractivity contribution in [2.24, 2.45) is 0 Å². The van der Waals surface area contributed by atoms with Gasteiger partial charge in [0.1, 0.15) is 41.9 Å². The van der Waals surface area contributed by atoms with Crippen molar-refractivity contribution in [1.82, 2.24) is 0 Å². The molecule has 2 fully saturated rings. The first kappa shape index (κ1) is 22.1. The fraction of sp³-hybridized carbons (Fsp3) is 0.706. The van der Waals surface area contributed by atoms with Gasteiger partial charge in [-0.05, 0) is 13.0 Å². The summed E-state index contributed by atoms with van der Waals surface area (Å²) < 4.78 is 26.2. The van der Waals surface area contributed by atoms with Crippen LogP contribution >= 0.6 is 0 Å². The monoisotopic (exact) mass is 420 g/mol. The van der Waals surface area contributed by atoms with Gasteiger partial charge in [-0.3, -0.25) is 0 Å². The normalized spacial score (nSPS) is 40.2. The number of hydrogen-bond donors (Lipinski definition) is 6. The summed E-state index contributed by atoms with van der Waals surface area (Å²) in [6, 6.07) is 2.41. The van der Waals surface area contributed by atoms with Crippen LogP contribution in [-0.4, -0.2) is 99.2 Å². The molecule has 6 N–H and O–H groups in total. The van der Waals surface area contributed by atoms with Gasteiger partial charge in [0, 0.05) is 6.07 Å². The molecule has 164 valence electrons. The minimum Gasteiger partial charge on any atom is -0.458 e. The topological polar surface area (TPSA) is 189 Å². The summed E-state index contributed by atoms with van der Waals surface area (Å²) >= 11 is 0. The maximum Gasteiger partial charge on any atom is 0.336 e. The van der Waals surface area contributed by atoms with Gasteiger partial charge in [-0.2, -0.15) is 0 Å². The molecule has 0 radical (unpaired) electrons. The molecular formula is C17H24O12. The van der Waals surface area contributed by atoms with Gasteiger partial charge in [-0.15, -0.1) is 0 Å². The van der Waals surface area contributed by atoms with Crippen LogP contribution in [0.15, 0.2) is 21.3 Å². The molecule has 2 saturated heterocycles. The molecule has 1 aromatic heterocycles. The van der Waals surface area contributed by atoms with Crippen LogP contribution in [-0.2, 0) is 14.2 Å². The fourth-order valence-electron chi connectivity index (χ4n) is 3.02. The van der Waals surface area contributed by atoms with Gasteiger partial charge in [0.05, 0.1) is 19.8 Å².